The van der Waals surface area contributed by atoms with Crippen molar-refractivity contribution in [1.29, 1.82) is 0 Å². The van der Waals surface area contributed by atoms with Crippen LogP contribution in [0.15, 0.2) is 0 Å². The highest BCUT2D eigenvalue weighted by Gasteiger charge is 2.42. The normalized spacial score (nSPS) is 15.8. The van der Waals surface area contributed by atoms with Crippen molar-refractivity contribution >= 4 is 20.1 Å². The molecule has 0 radical (unpaired) electrons. The molecule has 1 heterocycles. The van der Waals surface area contributed by atoms with Crippen LogP contribution in [0, 0.1) is 11.6 Å². The fourth-order valence-corrected chi connectivity index (χ4v) is 9.83. The number of carbonyl (C=O) groups excluding carboxylic acids is 2. The number of hydrogen-bond donors (Lipinski definition) is 0. The topological polar surface area (TPSA) is 53.1 Å². The maximum absolute atomic E-state index is 12.9. The third kappa shape index (κ3) is 7.84. The Kier molecular flexibility index (Phi) is 10.1. The molecule has 6 nitrogen and oxygen atoms in total. The molecular weight excluding hydrogens is 406 g/mol. The average molecular weight is 452 g/mol. The summed E-state index contributed by atoms with van der Waals surface area (Å²) in [7, 11) is -1.95. The lowest BCUT2D eigenvalue weighted by Crippen LogP contribution is -2.50. The average Bonchev–Trinajstić information content (AvgIpc) is 2.62. The Labute approximate surface area is 191 Å². The second-order valence-corrected chi connectivity index (χ2v) is 16.2. The van der Waals surface area contributed by atoms with Gasteiger partial charge in [0.25, 0.3) is 0 Å². The van der Waals surface area contributed by atoms with Gasteiger partial charge in [0.1, 0.15) is 13.7 Å². The van der Waals surface area contributed by atoms with Crippen molar-refractivity contribution in [1.82, 2.24) is 14.7 Å². The van der Waals surface area contributed by atoms with Crippen molar-refractivity contribution in [2.75, 3.05) is 39.3 Å². The molecule has 0 aromatic carbocycles. The van der Waals surface area contributed by atoms with Crippen LogP contribution in [0.1, 0.15) is 69.2 Å². The van der Waals surface area contributed by atoms with Crippen molar-refractivity contribution in [2.45, 2.75) is 91.5 Å². The molecule has 1 rings (SSSR count). The molecular formula is C24H45N3O3Si. The summed E-state index contributed by atoms with van der Waals surface area (Å²) in [6, 6.07) is 3.27. The highest BCUT2D eigenvalue weighted by atomic mass is 28.3. The van der Waals surface area contributed by atoms with Crippen LogP contribution in [0.2, 0.25) is 16.6 Å². The molecule has 0 spiro atoms. The first-order valence-corrected chi connectivity index (χ1v) is 13.9. The third-order valence-corrected chi connectivity index (χ3v) is 12.6. The summed E-state index contributed by atoms with van der Waals surface area (Å²) in [5, 5.41) is 0. The Bertz CT molecular complexity index is 644. The Morgan fingerprint density at radius 3 is 1.84 bits per heavy atom. The van der Waals surface area contributed by atoms with Gasteiger partial charge in [0, 0.05) is 45.7 Å². The largest absolute Gasteiger partial charge is 0.443 e. The second-order valence-electron chi connectivity index (χ2n) is 10.6. The molecule has 0 unspecified atom stereocenters. The molecule has 0 atom stereocenters. The van der Waals surface area contributed by atoms with E-state index in [9.17, 15) is 9.59 Å². The summed E-state index contributed by atoms with van der Waals surface area (Å²) in [4.78, 5) is 30.2. The van der Waals surface area contributed by atoms with Crippen LogP contribution in [-0.4, -0.2) is 79.6 Å². The van der Waals surface area contributed by atoms with Crippen LogP contribution < -0.4 is 0 Å². The number of rotatable bonds is 6. The number of hydrogen-bond acceptors (Lipinski definition) is 4. The van der Waals surface area contributed by atoms with Gasteiger partial charge in [0.2, 0.25) is 5.91 Å². The van der Waals surface area contributed by atoms with E-state index in [2.05, 4.69) is 58.0 Å². The molecule has 31 heavy (non-hydrogen) atoms. The minimum absolute atomic E-state index is 0.123. The lowest BCUT2D eigenvalue weighted by Gasteiger charge is -2.38. The fourth-order valence-electron chi connectivity index (χ4n) is 4.63. The number of nitrogens with zero attached hydrogens (tertiary/aromatic N) is 3. The molecule has 0 aromatic rings. The lowest BCUT2D eigenvalue weighted by atomic mass is 10.2. The van der Waals surface area contributed by atoms with Gasteiger partial charge in [-0.25, -0.2) is 9.69 Å². The molecule has 2 amide bonds. The van der Waals surface area contributed by atoms with E-state index < -0.39 is 13.7 Å². The summed E-state index contributed by atoms with van der Waals surface area (Å²) in [5.74, 6) is 0.123. The van der Waals surface area contributed by atoms with Gasteiger partial charge >= 0.3 is 6.09 Å². The molecule has 0 aromatic heterocycles. The third-order valence-electron chi connectivity index (χ3n) is 6.34. The molecule has 1 aliphatic rings. The Morgan fingerprint density at radius 1 is 0.968 bits per heavy atom. The predicted molar refractivity (Wildman–Crippen MR) is 130 cm³/mol. The van der Waals surface area contributed by atoms with Crippen molar-refractivity contribution in [3.8, 4) is 11.6 Å². The minimum atomic E-state index is -1.95. The van der Waals surface area contributed by atoms with E-state index in [1.807, 2.05) is 25.7 Å². The van der Waals surface area contributed by atoms with Gasteiger partial charge in [0.05, 0.1) is 6.54 Å². The van der Waals surface area contributed by atoms with Gasteiger partial charge in [-0.3, -0.25) is 9.69 Å². The summed E-state index contributed by atoms with van der Waals surface area (Å²) < 4.78 is 5.66. The van der Waals surface area contributed by atoms with Crippen LogP contribution in [-0.2, 0) is 9.53 Å². The molecule has 0 N–H and O–H groups in total. The highest BCUT2D eigenvalue weighted by molar-refractivity contribution is 6.90. The van der Waals surface area contributed by atoms with Gasteiger partial charge in [-0.05, 0) is 37.4 Å². The Balaban J connectivity index is 3.04. The number of piperazine rings is 1. The van der Waals surface area contributed by atoms with Crippen molar-refractivity contribution in [2.24, 2.45) is 0 Å². The first kappa shape index (κ1) is 27.5. The van der Waals surface area contributed by atoms with Crippen LogP contribution in [0.5, 0.6) is 0 Å². The van der Waals surface area contributed by atoms with Crippen molar-refractivity contribution in [3.05, 3.63) is 0 Å². The van der Waals surface area contributed by atoms with E-state index in [1.165, 1.54) is 0 Å². The number of carbonyl (C=O) groups is 2. The monoisotopic (exact) mass is 451 g/mol. The zero-order valence-electron chi connectivity index (χ0n) is 21.5. The number of ether oxygens (including phenoxy) is 1. The first-order chi connectivity index (χ1) is 14.2. The minimum Gasteiger partial charge on any atom is -0.443 e. The molecule has 7 heteroatoms. The quantitative estimate of drug-likeness (QED) is 0.337. The van der Waals surface area contributed by atoms with Crippen molar-refractivity contribution in [3.63, 3.8) is 0 Å². The van der Waals surface area contributed by atoms with E-state index >= 15 is 0 Å². The Morgan fingerprint density at radius 2 is 1.45 bits per heavy atom. The zero-order valence-corrected chi connectivity index (χ0v) is 22.5. The summed E-state index contributed by atoms with van der Waals surface area (Å²) in [5.41, 5.74) is 4.59. The summed E-state index contributed by atoms with van der Waals surface area (Å²) >= 11 is 0. The zero-order chi connectivity index (χ0) is 24.0. The fraction of sp³-hybridized carbons (Fsp3) is 0.833. The molecule has 0 bridgehead atoms. The first-order valence-electron chi connectivity index (χ1n) is 11.7. The molecule has 1 aliphatic heterocycles. The van der Waals surface area contributed by atoms with Crippen LogP contribution >= 0.6 is 0 Å². The molecule has 178 valence electrons. The smallest absolute Gasteiger partial charge is 0.422 e. The van der Waals surface area contributed by atoms with Crippen molar-refractivity contribution < 1.29 is 14.3 Å². The van der Waals surface area contributed by atoms with Gasteiger partial charge in [-0.15, -0.1) is 5.54 Å². The lowest BCUT2D eigenvalue weighted by molar-refractivity contribution is -0.130. The molecule has 0 aliphatic carbocycles. The standard InChI is InChI=1S/C24H45N3O3Si/c1-19(2)31(20(3)4,21(5)6)18-17-27(23(29)30-24(8,9)10)16-13-25-11-14-26(15-12-25)22(7)28/h19-21H,11-16H2,1-10H3. The maximum Gasteiger partial charge on any atom is 0.422 e. The van der Waals surface area contributed by atoms with E-state index in [4.69, 9.17) is 4.74 Å². The Hall–Kier alpha value is -1.52. The van der Waals surface area contributed by atoms with Gasteiger partial charge in [0.15, 0.2) is 0 Å². The van der Waals surface area contributed by atoms with Crippen LogP contribution in [0.4, 0.5) is 4.79 Å². The second kappa shape index (κ2) is 11.4. The van der Waals surface area contributed by atoms with Gasteiger partial charge in [-0.1, -0.05) is 41.5 Å². The molecule has 0 saturated carbocycles. The summed E-state index contributed by atoms with van der Waals surface area (Å²) in [6.07, 6.45) is -0.374. The molecule has 1 fully saturated rings. The SMILES string of the molecule is CC(=O)N1CCN(CCN(C#C[Si](C(C)C)(C(C)C)C(C)C)C(=O)OC(C)(C)C)CC1. The van der Waals surface area contributed by atoms with Crippen LogP contribution in [0.3, 0.4) is 0 Å². The van der Waals surface area contributed by atoms with E-state index in [-0.39, 0.29) is 12.0 Å². The van der Waals surface area contributed by atoms with E-state index in [0.717, 1.165) is 32.7 Å². The van der Waals surface area contributed by atoms with Gasteiger partial charge < -0.3 is 9.64 Å². The maximum atomic E-state index is 12.9. The highest BCUT2D eigenvalue weighted by Crippen LogP contribution is 2.40. The van der Waals surface area contributed by atoms with Crippen LogP contribution in [0.25, 0.3) is 0 Å². The van der Waals surface area contributed by atoms with E-state index in [1.54, 1.807) is 11.8 Å². The number of amides is 2. The van der Waals surface area contributed by atoms with Gasteiger partial charge in [-0.2, -0.15) is 0 Å². The predicted octanol–water partition coefficient (Wildman–Crippen LogP) is 4.57. The van der Waals surface area contributed by atoms with E-state index in [0.29, 0.717) is 23.2 Å². The molecule has 1 saturated heterocycles. The summed E-state index contributed by atoms with van der Waals surface area (Å²) in [6.45, 7) is 25.2.